The number of amides is 7. The predicted molar refractivity (Wildman–Crippen MR) is 485 cm³/mol. The van der Waals surface area contributed by atoms with Crippen molar-refractivity contribution in [2.24, 2.45) is 25.7 Å². The smallest absolute Gasteiger partial charge is 0.549 e. The fraction of sp³-hybridized carbons (Fsp3) is 0.286. The summed E-state index contributed by atoms with van der Waals surface area (Å²) in [5.74, 6) is -0.709. The Morgan fingerprint density at radius 3 is 0.800 bits per heavy atom. The monoisotopic (exact) mass is 1860 g/mol. The molecule has 16 rings (SSSR count). The summed E-state index contributed by atoms with van der Waals surface area (Å²) >= 11 is 4.21. The molecule has 4 fully saturated rings. The van der Waals surface area contributed by atoms with Gasteiger partial charge < -0.3 is 68.9 Å². The zero-order valence-corrected chi connectivity index (χ0v) is 76.0. The first kappa shape index (κ1) is 98.3. The Hall–Kier alpha value is -12.3. The van der Waals surface area contributed by atoms with Gasteiger partial charge in [-0.1, -0.05) is 48.5 Å². The molecule has 8 aliphatic heterocycles. The van der Waals surface area contributed by atoms with Crippen molar-refractivity contribution in [3.63, 3.8) is 0 Å². The number of carboxylic acid groups (broad SMARTS) is 1. The molecule has 0 radical (unpaired) electrons. The van der Waals surface area contributed by atoms with E-state index in [1.54, 1.807) is 121 Å². The number of thioether (sulfide) groups is 4. The number of hydrogen-bond acceptors (Lipinski definition) is 34. The van der Waals surface area contributed by atoms with Gasteiger partial charge in [-0.15, -0.1) is 0 Å². The molecule has 672 valence electrons. The van der Waals surface area contributed by atoms with Gasteiger partial charge >= 0.3 is 29.6 Å². The molecule has 130 heavy (non-hydrogen) atoms. The largest absolute Gasteiger partial charge is 1.00 e. The Balaban J connectivity index is 0.000000162. The van der Waals surface area contributed by atoms with Crippen LogP contribution >= 0.6 is 47.0 Å². The molecule has 7 amide bonds. The molecule has 0 unspecified atom stereocenters. The molecule has 46 heteroatoms. The Morgan fingerprint density at radius 1 is 0.354 bits per heavy atom. The molecule has 0 saturated carbocycles. The van der Waals surface area contributed by atoms with Crippen LogP contribution in [0.5, 0.6) is 0 Å². The first-order valence-corrected chi connectivity index (χ1v) is 43.1. The van der Waals surface area contributed by atoms with Crippen molar-refractivity contribution >= 4 is 162 Å². The number of aliphatic carboxylic acids is 1. The second-order valence-corrected chi connectivity index (χ2v) is 33.8. The van der Waals surface area contributed by atoms with Crippen LogP contribution in [0.4, 0.5) is 22.7 Å². The normalized spacial score (nSPS) is 18.4. The zero-order valence-electron chi connectivity index (χ0n) is 70.7. The van der Waals surface area contributed by atoms with E-state index in [4.69, 9.17) is 23.4 Å². The molecular weight excluding hydrogens is 1780 g/mol. The number of carbonyl (C=O) groups excluding carboxylic acids is 8. The number of furan rings is 4. The summed E-state index contributed by atoms with van der Waals surface area (Å²) in [6.45, 7) is 14.7. The number of para-hydroxylation sites is 4. The van der Waals surface area contributed by atoms with Crippen molar-refractivity contribution in [1.29, 1.82) is 0 Å². The number of carboxylic acids is 1. The van der Waals surface area contributed by atoms with Gasteiger partial charge in [0.1, 0.15) is 46.1 Å². The number of nitro groups is 4. The summed E-state index contributed by atoms with van der Waals surface area (Å²) in [6.07, 6.45) is 6.03. The molecule has 5 N–H and O–H groups in total. The number of likely N-dealkylation sites (N-methyl/N-ethyl adjacent to an activating group) is 4. The van der Waals surface area contributed by atoms with E-state index in [9.17, 15) is 83.9 Å². The van der Waals surface area contributed by atoms with Crippen LogP contribution in [0, 0.1) is 40.5 Å². The minimum Gasteiger partial charge on any atom is -0.549 e. The van der Waals surface area contributed by atoms with E-state index < -0.39 is 49.3 Å². The molecule has 0 atom stereocenters. The fourth-order valence-electron chi connectivity index (χ4n) is 13.3. The average Bonchev–Trinajstić information content (AvgIpc) is 1.71. The summed E-state index contributed by atoms with van der Waals surface area (Å²) in [4.78, 5) is 172. The van der Waals surface area contributed by atoms with Gasteiger partial charge in [0.15, 0.2) is 20.7 Å². The van der Waals surface area contributed by atoms with Gasteiger partial charge in [-0.25, -0.2) is 0 Å². The van der Waals surface area contributed by atoms with E-state index in [0.29, 0.717) is 88.0 Å². The maximum absolute atomic E-state index is 12.3. The van der Waals surface area contributed by atoms with Crippen molar-refractivity contribution in [2.75, 3.05) is 159 Å². The number of carbonyl (C=O) groups is 8. The van der Waals surface area contributed by atoms with Crippen LogP contribution in [-0.4, -0.2) is 286 Å². The van der Waals surface area contributed by atoms with E-state index in [-0.39, 0.29) is 117 Å². The number of amidine groups is 4. The van der Waals surface area contributed by atoms with Crippen LogP contribution in [0.1, 0.15) is 23.0 Å². The first-order valence-electron chi connectivity index (χ1n) is 39.8. The number of aliphatic imine (C=N–C) groups is 4. The SMILES string of the molecule is CN1CCN(CC(=O)NC2=NC(=O)/C(=C/c3ccc(-c4ccccc4[N+](=O)[O-])o3)S2)CC1.CN1CCN(CC(=O)NC2=NC(=O)/C(=C/c3ccc(-c4ccccc4[N+](=O)[O-])o3)S2)CC1.CN1CCN(CC(=O)NC2=NC(=O)/C(=C/c3ccc(-c4ccccc4[N+](=O)[O-])o3)S2)CC1.CN1CCN(CC(=O)[O-])CC1.NC1=NC(=O)/C(=C/c2ccc(-c3ccccc3[N+](=O)[O-])o2)S1.[Na+]. The van der Waals surface area contributed by atoms with Crippen molar-refractivity contribution < 1.29 is 110 Å². The van der Waals surface area contributed by atoms with Gasteiger partial charge in [0.05, 0.1) is 87.2 Å². The van der Waals surface area contributed by atoms with Crippen LogP contribution in [0.2, 0.25) is 0 Å². The average molecular weight is 1860 g/mol. The topological polar surface area (TPSA) is 522 Å². The predicted octanol–water partition coefficient (Wildman–Crippen LogP) is 4.34. The number of nitrogens with zero attached hydrogens (tertiary/aromatic N) is 16. The van der Waals surface area contributed by atoms with Gasteiger partial charge in [-0.2, -0.15) is 20.0 Å². The quantitative estimate of drug-likeness (QED) is 0.0357. The Morgan fingerprint density at radius 2 is 0.577 bits per heavy atom. The van der Waals surface area contributed by atoms with Gasteiger partial charge in [0, 0.05) is 160 Å². The number of hydrogen-bond donors (Lipinski definition) is 4. The minimum atomic E-state index is -0.977. The number of nitro benzene ring substituents is 4. The molecular formula is C84H85N20NaO21S4. The van der Waals surface area contributed by atoms with E-state index in [0.717, 1.165) is 152 Å². The van der Waals surface area contributed by atoms with Crippen molar-refractivity contribution in [2.45, 2.75) is 0 Å². The van der Waals surface area contributed by atoms with Crippen LogP contribution in [-0.2, 0) is 38.4 Å². The number of rotatable bonds is 20. The van der Waals surface area contributed by atoms with Crippen LogP contribution < -0.4 is 56.3 Å². The van der Waals surface area contributed by atoms with Gasteiger partial charge in [-0.3, -0.25) is 93.6 Å². The molecule has 12 heterocycles. The maximum Gasteiger partial charge on any atom is 1.00 e. The van der Waals surface area contributed by atoms with E-state index in [2.05, 4.69) is 70.2 Å². The summed E-state index contributed by atoms with van der Waals surface area (Å²) < 4.78 is 22.7. The number of piperazine rings is 4. The number of benzene rings is 4. The van der Waals surface area contributed by atoms with Gasteiger partial charge in [0.25, 0.3) is 46.4 Å². The third-order valence-corrected chi connectivity index (χ3v) is 23.7. The van der Waals surface area contributed by atoms with Gasteiger partial charge in [-0.05, 0) is 148 Å². The standard InChI is InChI=1S/3C21H21N5O5S.C14H9N3O4S.C7H14N2O2.Na/c3*1-24-8-10-25(11-9-24)13-19(27)22-21-23-20(28)18(32-21)12-14-6-7-17(31-14)15-4-2-3-5-16(15)26(29)30;15-14-16-13(18)12(22-14)7-8-5-6-11(21-8)9-3-1-2-4-10(9)17(19)20;1-8-2-4-9(5-3-8)6-7(10)11;/h3*2-7,12H,8-11,13H2,1H3,(H,22,23,27,28);1-7H,(H2,15,16,18);2-6H2,1H3,(H,10,11);/q;;;;;+1/p-1/b3*18-12-;12-7-;;. The number of nitrogens with two attached hydrogens (primary N) is 1. The fourth-order valence-corrected chi connectivity index (χ4v) is 16.4. The zero-order chi connectivity index (χ0) is 92.0. The first-order chi connectivity index (χ1) is 61.9. The Bertz CT molecular complexity index is 5450. The summed E-state index contributed by atoms with van der Waals surface area (Å²) in [6, 6.07) is 38.0. The van der Waals surface area contributed by atoms with E-state index in [1.807, 2.05) is 33.1 Å². The summed E-state index contributed by atoms with van der Waals surface area (Å²) in [5.41, 5.74) is 6.63. The molecule has 0 spiro atoms. The second-order valence-electron chi connectivity index (χ2n) is 29.6. The molecule has 41 nitrogen and oxygen atoms in total. The third kappa shape index (κ3) is 28.3. The maximum atomic E-state index is 12.3. The molecule has 0 bridgehead atoms. The van der Waals surface area contributed by atoms with Crippen LogP contribution in [0.25, 0.3) is 69.6 Å². The Labute approximate surface area is 781 Å². The molecule has 8 aromatic rings. The molecule has 4 saturated heterocycles. The van der Waals surface area contributed by atoms with E-state index in [1.165, 1.54) is 48.6 Å². The van der Waals surface area contributed by atoms with Gasteiger partial charge in [0.2, 0.25) is 17.7 Å². The summed E-state index contributed by atoms with van der Waals surface area (Å²) in [5, 5.41) is 63.9. The number of nitrogens with one attached hydrogen (secondary N) is 3. The van der Waals surface area contributed by atoms with Crippen molar-refractivity contribution in [3.8, 4) is 45.3 Å². The van der Waals surface area contributed by atoms with Crippen LogP contribution in [0.15, 0.2) is 203 Å². The molecule has 4 aromatic carbocycles. The second kappa shape index (κ2) is 46.8. The molecule has 8 aliphatic rings. The van der Waals surface area contributed by atoms with Crippen LogP contribution in [0.3, 0.4) is 0 Å². The minimum absolute atomic E-state index is 0. The molecule has 4 aromatic heterocycles. The van der Waals surface area contributed by atoms with E-state index >= 15 is 0 Å². The Kier molecular flexibility index (Phi) is 35.4. The summed E-state index contributed by atoms with van der Waals surface area (Å²) in [7, 11) is 8.17. The third-order valence-electron chi connectivity index (χ3n) is 20.1. The molecule has 0 aliphatic carbocycles. The van der Waals surface area contributed by atoms with Crippen molar-refractivity contribution in [1.82, 2.24) is 55.1 Å². The van der Waals surface area contributed by atoms with Crippen molar-refractivity contribution in [3.05, 3.63) is 229 Å².